The number of carbonyl (C=O) groups is 1. The van der Waals surface area contributed by atoms with Crippen LogP contribution in [-0.2, 0) is 11.3 Å². The van der Waals surface area contributed by atoms with Crippen LogP contribution in [0.25, 0.3) is 0 Å². The second kappa shape index (κ2) is 7.21. The Morgan fingerprint density at radius 3 is 2.75 bits per heavy atom. The highest BCUT2D eigenvalue weighted by Crippen LogP contribution is 2.35. The van der Waals surface area contributed by atoms with E-state index >= 15 is 0 Å². The normalized spacial score (nSPS) is 31.2. The smallest absolute Gasteiger partial charge is 0.237 e. The number of amides is 1. The predicted octanol–water partition coefficient (Wildman–Crippen LogP) is 1.92. The van der Waals surface area contributed by atoms with E-state index in [0.717, 1.165) is 32.0 Å². The number of hydrogen-bond donors (Lipinski definition) is 0. The summed E-state index contributed by atoms with van der Waals surface area (Å²) in [5.41, 5.74) is 0. The molecule has 24 heavy (non-hydrogen) atoms. The van der Waals surface area contributed by atoms with Gasteiger partial charge in [0.1, 0.15) is 12.7 Å². The fourth-order valence-electron chi connectivity index (χ4n) is 5.05. The second-order valence-electron chi connectivity index (χ2n) is 7.73. The highest BCUT2D eigenvalue weighted by Gasteiger charge is 2.37. The molecule has 1 saturated carbocycles. The van der Waals surface area contributed by atoms with Gasteiger partial charge in [-0.1, -0.05) is 12.8 Å². The van der Waals surface area contributed by atoms with Gasteiger partial charge in [0.25, 0.3) is 0 Å². The Kier molecular flexibility index (Phi) is 4.83. The van der Waals surface area contributed by atoms with Crippen molar-refractivity contribution >= 4 is 5.91 Å². The molecule has 0 spiro atoms. The Morgan fingerprint density at radius 1 is 1.04 bits per heavy atom. The summed E-state index contributed by atoms with van der Waals surface area (Å²) in [5.74, 6) is 1.12. The van der Waals surface area contributed by atoms with E-state index in [1.807, 2.05) is 4.68 Å². The highest BCUT2D eigenvalue weighted by atomic mass is 16.2. The zero-order valence-corrected chi connectivity index (χ0v) is 14.5. The van der Waals surface area contributed by atoms with Gasteiger partial charge in [-0.3, -0.25) is 14.4 Å². The van der Waals surface area contributed by atoms with Crippen molar-refractivity contribution in [2.45, 2.75) is 70.0 Å². The van der Waals surface area contributed by atoms with E-state index in [2.05, 4.69) is 19.9 Å². The first-order valence-electron chi connectivity index (χ1n) is 9.67. The average Bonchev–Trinajstić information content (AvgIpc) is 3.27. The topological polar surface area (TPSA) is 54.3 Å². The summed E-state index contributed by atoms with van der Waals surface area (Å²) in [7, 11) is 0. The van der Waals surface area contributed by atoms with Gasteiger partial charge in [0.2, 0.25) is 5.91 Å². The number of piperidine rings is 1. The van der Waals surface area contributed by atoms with Gasteiger partial charge < -0.3 is 4.90 Å². The summed E-state index contributed by atoms with van der Waals surface area (Å²) in [4.78, 5) is 21.6. The van der Waals surface area contributed by atoms with Crippen LogP contribution in [-0.4, -0.2) is 62.2 Å². The monoisotopic (exact) mass is 331 g/mol. The van der Waals surface area contributed by atoms with Gasteiger partial charge in [-0.25, -0.2) is 4.98 Å². The molecule has 0 bridgehead atoms. The standard InChI is InChI=1S/C18H29N5O/c24-18(23-10-3-6-15-5-1-2-8-17(15)23)12-21-9-4-7-16(21)11-22-14-19-13-20-22/h13-17H,1-12H2. The molecule has 2 aliphatic heterocycles. The lowest BCUT2D eigenvalue weighted by Gasteiger charge is -2.44. The first-order valence-corrected chi connectivity index (χ1v) is 9.67. The molecule has 6 heteroatoms. The fraction of sp³-hybridized carbons (Fsp3) is 0.833. The molecule has 6 nitrogen and oxygen atoms in total. The molecule has 0 aromatic carbocycles. The van der Waals surface area contributed by atoms with Crippen LogP contribution in [0, 0.1) is 5.92 Å². The van der Waals surface area contributed by atoms with Gasteiger partial charge >= 0.3 is 0 Å². The summed E-state index contributed by atoms with van der Waals surface area (Å²) in [6.07, 6.45) is 13.4. The maximum atomic E-state index is 13.0. The van der Waals surface area contributed by atoms with Gasteiger partial charge in [0.15, 0.2) is 0 Å². The molecule has 1 amide bonds. The van der Waals surface area contributed by atoms with Crippen molar-refractivity contribution in [2.75, 3.05) is 19.6 Å². The number of aromatic nitrogens is 3. The third-order valence-corrected chi connectivity index (χ3v) is 6.27. The summed E-state index contributed by atoms with van der Waals surface area (Å²) in [6, 6.07) is 0.943. The molecular weight excluding hydrogens is 302 g/mol. The van der Waals surface area contributed by atoms with E-state index in [9.17, 15) is 4.79 Å². The molecule has 3 heterocycles. The van der Waals surface area contributed by atoms with Crippen molar-refractivity contribution in [3.63, 3.8) is 0 Å². The van der Waals surface area contributed by atoms with E-state index in [0.29, 0.717) is 24.5 Å². The SMILES string of the molecule is O=C(CN1CCCC1Cn1cncn1)N1CCCC2CCCCC21. The Labute approximate surface area is 144 Å². The molecule has 132 valence electrons. The van der Waals surface area contributed by atoms with Crippen molar-refractivity contribution < 1.29 is 4.79 Å². The molecule has 3 unspecified atom stereocenters. The quantitative estimate of drug-likeness (QED) is 0.846. The second-order valence-corrected chi connectivity index (χ2v) is 7.73. The molecule has 1 aromatic rings. The Balaban J connectivity index is 1.37. The average molecular weight is 331 g/mol. The van der Waals surface area contributed by atoms with E-state index in [4.69, 9.17) is 0 Å². The maximum Gasteiger partial charge on any atom is 0.237 e. The van der Waals surface area contributed by atoms with Crippen LogP contribution in [0.5, 0.6) is 0 Å². The number of likely N-dealkylation sites (tertiary alicyclic amines) is 2. The molecule has 0 radical (unpaired) electrons. The molecular formula is C18H29N5O. The van der Waals surface area contributed by atoms with Gasteiger partial charge in [-0.2, -0.15) is 5.10 Å². The molecule has 4 rings (SSSR count). The van der Waals surface area contributed by atoms with E-state index in [-0.39, 0.29) is 0 Å². The maximum absolute atomic E-state index is 13.0. The summed E-state index contributed by atoms with van der Waals surface area (Å²) in [6.45, 7) is 3.44. The zero-order valence-electron chi connectivity index (χ0n) is 14.5. The minimum atomic E-state index is 0.358. The lowest BCUT2D eigenvalue weighted by atomic mass is 9.78. The predicted molar refractivity (Wildman–Crippen MR) is 91.3 cm³/mol. The largest absolute Gasteiger partial charge is 0.338 e. The molecule has 3 atom stereocenters. The van der Waals surface area contributed by atoms with Crippen LogP contribution in [0.1, 0.15) is 51.4 Å². The number of nitrogens with zero attached hydrogens (tertiary/aromatic N) is 5. The number of rotatable bonds is 4. The minimum absolute atomic E-state index is 0.358. The van der Waals surface area contributed by atoms with Crippen molar-refractivity contribution in [3.8, 4) is 0 Å². The van der Waals surface area contributed by atoms with Crippen molar-refractivity contribution in [1.82, 2.24) is 24.6 Å². The Hall–Kier alpha value is -1.43. The lowest BCUT2D eigenvalue weighted by molar-refractivity contribution is -0.139. The Bertz CT molecular complexity index is 544. The van der Waals surface area contributed by atoms with Gasteiger partial charge in [-0.05, 0) is 51.0 Å². The van der Waals surface area contributed by atoms with Crippen LogP contribution < -0.4 is 0 Å². The first kappa shape index (κ1) is 16.1. The minimum Gasteiger partial charge on any atom is -0.338 e. The van der Waals surface area contributed by atoms with E-state index in [1.54, 1.807) is 12.7 Å². The molecule has 3 fully saturated rings. The van der Waals surface area contributed by atoms with Crippen LogP contribution in [0.15, 0.2) is 12.7 Å². The van der Waals surface area contributed by atoms with Gasteiger partial charge in [0, 0.05) is 18.6 Å². The lowest BCUT2D eigenvalue weighted by Crippen LogP contribution is -2.53. The molecule has 2 saturated heterocycles. The van der Waals surface area contributed by atoms with Crippen LogP contribution in [0.2, 0.25) is 0 Å². The summed E-state index contributed by atoms with van der Waals surface area (Å²) < 4.78 is 1.89. The van der Waals surface area contributed by atoms with Gasteiger partial charge in [0.05, 0.1) is 13.1 Å². The van der Waals surface area contributed by atoms with Gasteiger partial charge in [-0.15, -0.1) is 0 Å². The summed E-state index contributed by atoms with van der Waals surface area (Å²) in [5, 5.41) is 4.22. The number of carbonyl (C=O) groups excluding carboxylic acids is 1. The van der Waals surface area contributed by atoms with Crippen LogP contribution >= 0.6 is 0 Å². The van der Waals surface area contributed by atoms with Crippen LogP contribution in [0.4, 0.5) is 0 Å². The van der Waals surface area contributed by atoms with E-state index < -0.39 is 0 Å². The fourth-order valence-corrected chi connectivity index (χ4v) is 5.05. The third-order valence-electron chi connectivity index (χ3n) is 6.27. The molecule has 1 aliphatic carbocycles. The highest BCUT2D eigenvalue weighted by molar-refractivity contribution is 5.78. The molecule has 1 aromatic heterocycles. The zero-order chi connectivity index (χ0) is 16.4. The number of hydrogen-bond acceptors (Lipinski definition) is 4. The summed E-state index contributed by atoms with van der Waals surface area (Å²) >= 11 is 0. The Morgan fingerprint density at radius 2 is 1.88 bits per heavy atom. The third kappa shape index (κ3) is 3.34. The molecule has 0 N–H and O–H groups in total. The van der Waals surface area contributed by atoms with Crippen molar-refractivity contribution in [3.05, 3.63) is 12.7 Å². The molecule has 3 aliphatic rings. The number of fused-ring (bicyclic) bond motifs is 1. The van der Waals surface area contributed by atoms with E-state index in [1.165, 1.54) is 44.9 Å². The van der Waals surface area contributed by atoms with Crippen molar-refractivity contribution in [2.24, 2.45) is 5.92 Å². The van der Waals surface area contributed by atoms with Crippen molar-refractivity contribution in [1.29, 1.82) is 0 Å². The first-order chi connectivity index (χ1) is 11.8. The van der Waals surface area contributed by atoms with Crippen LogP contribution in [0.3, 0.4) is 0 Å².